The number of nitrogens with zero attached hydrogens (tertiary/aromatic N) is 3. The quantitative estimate of drug-likeness (QED) is 0.692. The van der Waals surface area contributed by atoms with Crippen LogP contribution < -0.4 is 10.2 Å². The Kier molecular flexibility index (Phi) is 4.12. The van der Waals surface area contributed by atoms with E-state index in [9.17, 15) is 4.79 Å². The molecule has 0 atom stereocenters. The lowest BCUT2D eigenvalue weighted by Crippen LogP contribution is -2.23. The summed E-state index contributed by atoms with van der Waals surface area (Å²) in [4.78, 5) is 20.8. The zero-order valence-corrected chi connectivity index (χ0v) is 13.4. The normalized spacial score (nSPS) is 11.7. The highest BCUT2D eigenvalue weighted by atomic mass is 35.5. The third-order valence-corrected chi connectivity index (χ3v) is 3.63. The molecule has 0 aliphatic rings. The first kappa shape index (κ1) is 15.2. The first-order valence-electron chi connectivity index (χ1n) is 6.95. The van der Waals surface area contributed by atoms with Gasteiger partial charge in [-0.15, -0.1) is 0 Å². The summed E-state index contributed by atoms with van der Waals surface area (Å²) in [7, 11) is 1.59. The molecule has 5 nitrogen and oxygen atoms in total. The molecule has 0 bridgehead atoms. The summed E-state index contributed by atoms with van der Waals surface area (Å²) in [6.07, 6.45) is 3.31. The van der Waals surface area contributed by atoms with Crippen LogP contribution in [0, 0.1) is 0 Å². The van der Waals surface area contributed by atoms with E-state index in [4.69, 9.17) is 16.3 Å². The van der Waals surface area contributed by atoms with Crippen LogP contribution in [0.3, 0.4) is 0 Å². The lowest BCUT2D eigenvalue weighted by molar-refractivity contribution is 0.101. The lowest BCUT2D eigenvalue weighted by Gasteiger charge is -2.07. The van der Waals surface area contributed by atoms with E-state index in [1.165, 1.54) is 13.1 Å². The van der Waals surface area contributed by atoms with Crippen LogP contribution in [0.1, 0.15) is 17.3 Å². The molecule has 0 saturated heterocycles. The van der Waals surface area contributed by atoms with Gasteiger partial charge in [-0.2, -0.15) is 0 Å². The molecule has 0 fully saturated rings. The van der Waals surface area contributed by atoms with Crippen LogP contribution in [0.25, 0.3) is 5.65 Å². The Hall–Kier alpha value is -2.66. The monoisotopic (exact) mass is 327 g/mol. The fourth-order valence-corrected chi connectivity index (χ4v) is 2.32. The Bertz CT molecular complexity index is 946. The number of aromatic nitrogens is 2. The molecule has 0 unspecified atom stereocenters. The van der Waals surface area contributed by atoms with Gasteiger partial charge in [-0.05, 0) is 37.3 Å². The van der Waals surface area contributed by atoms with Gasteiger partial charge in [0.25, 0.3) is 0 Å². The molecule has 3 aromatic rings. The predicted molar refractivity (Wildman–Crippen MR) is 88.4 cm³/mol. The highest BCUT2D eigenvalue weighted by Crippen LogP contribution is 2.16. The van der Waals surface area contributed by atoms with Gasteiger partial charge in [-0.1, -0.05) is 11.6 Å². The van der Waals surface area contributed by atoms with Gasteiger partial charge in [0.15, 0.2) is 11.3 Å². The maximum absolute atomic E-state index is 11.9. The Labute approximate surface area is 137 Å². The van der Waals surface area contributed by atoms with E-state index in [-0.39, 0.29) is 5.78 Å². The van der Waals surface area contributed by atoms with E-state index >= 15 is 0 Å². The number of carbonyl (C=O) groups is 1. The van der Waals surface area contributed by atoms with Crippen LogP contribution in [0.15, 0.2) is 53.8 Å². The van der Waals surface area contributed by atoms with Gasteiger partial charge in [-0.25, -0.2) is 9.98 Å². The number of ketones is 1. The summed E-state index contributed by atoms with van der Waals surface area (Å²) >= 11 is 5.90. The Balaban J connectivity index is 2.32. The van der Waals surface area contributed by atoms with Crippen molar-refractivity contribution in [2.24, 2.45) is 4.99 Å². The molecule has 6 heteroatoms. The molecular weight excluding hydrogens is 314 g/mol. The van der Waals surface area contributed by atoms with Crippen LogP contribution >= 0.6 is 11.6 Å². The average Bonchev–Trinajstić information content (AvgIpc) is 2.56. The van der Waals surface area contributed by atoms with Crippen LogP contribution in [0.5, 0.6) is 5.75 Å². The highest BCUT2D eigenvalue weighted by molar-refractivity contribution is 6.30. The second-order valence-corrected chi connectivity index (χ2v) is 5.37. The molecular formula is C17H14ClN3O2. The van der Waals surface area contributed by atoms with E-state index < -0.39 is 0 Å². The van der Waals surface area contributed by atoms with Gasteiger partial charge in [0, 0.05) is 23.5 Å². The maximum Gasteiger partial charge on any atom is 0.165 e. The molecule has 0 saturated carbocycles. The van der Waals surface area contributed by atoms with E-state index in [1.54, 1.807) is 54.1 Å². The minimum atomic E-state index is -0.101. The standard InChI is InChI=1S/C17H14ClN3O2/c1-11(22)15-10-19-16-9-14(23-2)7-8-21(16)17(15)20-13-5-3-12(18)4-6-13/h3-10H,1-2H3. The zero-order chi connectivity index (χ0) is 16.4. The number of benzene rings is 1. The smallest absolute Gasteiger partial charge is 0.165 e. The summed E-state index contributed by atoms with van der Waals surface area (Å²) in [5.74, 6) is 0.584. The number of rotatable bonds is 3. The molecule has 2 heterocycles. The Morgan fingerprint density at radius 3 is 2.65 bits per heavy atom. The van der Waals surface area contributed by atoms with Gasteiger partial charge in [0.2, 0.25) is 0 Å². The summed E-state index contributed by atoms with van der Waals surface area (Å²) in [5, 5.41) is 0.632. The van der Waals surface area contributed by atoms with Crippen LogP contribution in [-0.2, 0) is 0 Å². The summed E-state index contributed by atoms with van der Waals surface area (Å²) in [6, 6.07) is 10.7. The van der Waals surface area contributed by atoms with Gasteiger partial charge in [-0.3, -0.25) is 9.20 Å². The van der Waals surface area contributed by atoms with Crippen molar-refractivity contribution in [3.8, 4) is 5.75 Å². The molecule has 0 spiro atoms. The first-order valence-corrected chi connectivity index (χ1v) is 7.33. The minimum Gasteiger partial charge on any atom is -0.497 e. The second-order valence-electron chi connectivity index (χ2n) is 4.93. The molecule has 1 aromatic carbocycles. The van der Waals surface area contributed by atoms with Crippen molar-refractivity contribution in [2.75, 3.05) is 7.11 Å². The van der Waals surface area contributed by atoms with Crippen molar-refractivity contribution >= 4 is 28.7 Å². The summed E-state index contributed by atoms with van der Waals surface area (Å²) in [5.41, 5.74) is 2.31. The molecule has 0 amide bonds. The zero-order valence-electron chi connectivity index (χ0n) is 12.7. The number of carbonyl (C=O) groups excluding carboxylic acids is 1. The highest BCUT2D eigenvalue weighted by Gasteiger charge is 2.08. The molecule has 2 aromatic heterocycles. The number of hydrogen-bond donors (Lipinski definition) is 0. The molecule has 116 valence electrons. The average molecular weight is 328 g/mol. The van der Waals surface area contributed by atoms with Crippen molar-refractivity contribution < 1.29 is 9.53 Å². The number of pyridine rings is 1. The number of hydrogen-bond acceptors (Lipinski definition) is 4. The first-order chi connectivity index (χ1) is 11.1. The van der Waals surface area contributed by atoms with Crippen molar-refractivity contribution in [1.82, 2.24) is 9.38 Å². The van der Waals surface area contributed by atoms with E-state index in [0.29, 0.717) is 33.2 Å². The number of methoxy groups -OCH3 is 1. The molecule has 0 radical (unpaired) electrons. The Morgan fingerprint density at radius 2 is 2.00 bits per heavy atom. The van der Waals surface area contributed by atoms with Crippen LogP contribution in [0.4, 0.5) is 5.69 Å². The summed E-state index contributed by atoms with van der Waals surface area (Å²) in [6.45, 7) is 1.49. The van der Waals surface area contributed by atoms with E-state index in [0.717, 1.165) is 0 Å². The van der Waals surface area contributed by atoms with Gasteiger partial charge < -0.3 is 4.74 Å². The van der Waals surface area contributed by atoms with Gasteiger partial charge >= 0.3 is 0 Å². The third-order valence-electron chi connectivity index (χ3n) is 3.38. The summed E-state index contributed by atoms with van der Waals surface area (Å²) < 4.78 is 6.96. The lowest BCUT2D eigenvalue weighted by atomic mass is 10.2. The van der Waals surface area contributed by atoms with Gasteiger partial charge in [0.05, 0.1) is 18.4 Å². The number of fused-ring (bicyclic) bond motifs is 1. The molecule has 3 rings (SSSR count). The third kappa shape index (κ3) is 3.10. The Morgan fingerprint density at radius 1 is 1.26 bits per heavy atom. The van der Waals surface area contributed by atoms with Crippen molar-refractivity contribution in [1.29, 1.82) is 0 Å². The van der Waals surface area contributed by atoms with Crippen molar-refractivity contribution in [2.45, 2.75) is 6.92 Å². The molecule has 0 aliphatic carbocycles. The number of halogens is 1. The topological polar surface area (TPSA) is 56.0 Å². The van der Waals surface area contributed by atoms with Crippen molar-refractivity contribution in [3.63, 3.8) is 0 Å². The molecule has 23 heavy (non-hydrogen) atoms. The van der Waals surface area contributed by atoms with E-state index in [2.05, 4.69) is 9.98 Å². The number of Topliss-reactive ketones (excluding diaryl/α,β-unsaturated/α-hetero) is 1. The predicted octanol–water partition coefficient (Wildman–Crippen LogP) is 3.43. The van der Waals surface area contributed by atoms with Gasteiger partial charge in [0.1, 0.15) is 11.4 Å². The molecule has 0 N–H and O–H groups in total. The SMILES string of the molecule is COc1ccn2c(=Nc3ccc(Cl)cc3)c(C(C)=O)cnc2c1. The second kappa shape index (κ2) is 6.22. The maximum atomic E-state index is 11.9. The van der Waals surface area contributed by atoms with Crippen LogP contribution in [0.2, 0.25) is 5.02 Å². The fourth-order valence-electron chi connectivity index (χ4n) is 2.19. The minimum absolute atomic E-state index is 0.101. The fraction of sp³-hybridized carbons (Fsp3) is 0.118. The van der Waals surface area contributed by atoms with E-state index in [1.807, 2.05) is 0 Å². The van der Waals surface area contributed by atoms with Crippen LogP contribution in [-0.4, -0.2) is 22.3 Å². The molecule has 0 aliphatic heterocycles. The number of ether oxygens (including phenoxy) is 1. The van der Waals surface area contributed by atoms with Crippen molar-refractivity contribution in [3.05, 3.63) is 64.9 Å². The largest absolute Gasteiger partial charge is 0.497 e.